The third kappa shape index (κ3) is 2.86. The van der Waals surface area contributed by atoms with Crippen molar-refractivity contribution in [2.24, 2.45) is 0 Å². The van der Waals surface area contributed by atoms with Crippen molar-refractivity contribution < 1.29 is 14.4 Å². The first-order chi connectivity index (χ1) is 9.87. The number of H-pyrrole nitrogens is 1. The van der Waals surface area contributed by atoms with Gasteiger partial charge in [-0.25, -0.2) is 9.78 Å². The summed E-state index contributed by atoms with van der Waals surface area (Å²) in [5.41, 5.74) is -0.937. The van der Waals surface area contributed by atoms with Crippen LogP contribution in [0.25, 0.3) is 0 Å². The summed E-state index contributed by atoms with van der Waals surface area (Å²) in [4.78, 5) is 40.7. The first-order valence-corrected chi connectivity index (χ1v) is 6.66. The van der Waals surface area contributed by atoms with Gasteiger partial charge in [0.05, 0.1) is 6.04 Å². The average molecular weight is 294 g/mol. The number of aromatic amines is 1. The van der Waals surface area contributed by atoms with E-state index in [0.29, 0.717) is 12.2 Å². The molecule has 2 rings (SSSR count). The minimum atomic E-state index is -0.937. The SMILES string of the molecule is CCC1(C)NC(=O)N(CC(=O)NC(C)c2ncn[nH]2)C1=O. The van der Waals surface area contributed by atoms with Crippen molar-refractivity contribution in [3.63, 3.8) is 0 Å². The Bertz CT molecular complexity index is 557. The van der Waals surface area contributed by atoms with Gasteiger partial charge in [0.25, 0.3) is 5.91 Å². The molecule has 21 heavy (non-hydrogen) atoms. The van der Waals surface area contributed by atoms with Crippen LogP contribution in [0.1, 0.15) is 39.1 Å². The van der Waals surface area contributed by atoms with E-state index >= 15 is 0 Å². The molecule has 2 heterocycles. The number of amides is 4. The number of hydrogen-bond donors (Lipinski definition) is 3. The van der Waals surface area contributed by atoms with E-state index in [0.717, 1.165) is 4.90 Å². The molecular formula is C12H18N6O3. The fourth-order valence-electron chi connectivity index (χ4n) is 2.05. The highest BCUT2D eigenvalue weighted by atomic mass is 16.2. The average Bonchev–Trinajstić information content (AvgIpc) is 3.03. The summed E-state index contributed by atoms with van der Waals surface area (Å²) < 4.78 is 0. The standard InChI is InChI=1S/C12H18N6O3/c1-4-12(3)10(20)18(11(21)16-12)5-8(19)15-7(2)9-13-6-14-17-9/h6-7H,4-5H2,1-3H3,(H,15,19)(H,16,21)(H,13,14,17). The molecule has 1 aromatic rings. The lowest BCUT2D eigenvalue weighted by atomic mass is 9.99. The summed E-state index contributed by atoms with van der Waals surface area (Å²) in [5.74, 6) is -0.334. The van der Waals surface area contributed by atoms with E-state index < -0.39 is 29.4 Å². The Morgan fingerprint density at radius 1 is 1.52 bits per heavy atom. The maximum absolute atomic E-state index is 12.2. The van der Waals surface area contributed by atoms with Crippen LogP contribution in [-0.2, 0) is 9.59 Å². The molecule has 0 aromatic carbocycles. The summed E-state index contributed by atoms with van der Waals surface area (Å²) in [6, 6.07) is -0.940. The monoisotopic (exact) mass is 294 g/mol. The molecule has 9 nitrogen and oxygen atoms in total. The van der Waals surface area contributed by atoms with Crippen molar-refractivity contribution in [3.8, 4) is 0 Å². The lowest BCUT2D eigenvalue weighted by molar-refractivity contribution is -0.134. The molecule has 1 aliphatic rings. The Morgan fingerprint density at radius 2 is 2.24 bits per heavy atom. The van der Waals surface area contributed by atoms with Gasteiger partial charge in [-0.3, -0.25) is 19.6 Å². The zero-order valence-corrected chi connectivity index (χ0v) is 12.1. The van der Waals surface area contributed by atoms with Crippen LogP contribution in [-0.4, -0.2) is 50.0 Å². The Labute approximate surface area is 121 Å². The summed E-state index contributed by atoms with van der Waals surface area (Å²) in [7, 11) is 0. The summed E-state index contributed by atoms with van der Waals surface area (Å²) in [6.45, 7) is 4.84. The number of carbonyl (C=O) groups is 3. The molecule has 0 saturated carbocycles. The van der Waals surface area contributed by atoms with E-state index in [4.69, 9.17) is 0 Å². The van der Waals surface area contributed by atoms with Gasteiger partial charge < -0.3 is 10.6 Å². The molecule has 1 saturated heterocycles. The van der Waals surface area contributed by atoms with Crippen molar-refractivity contribution in [2.45, 2.75) is 38.8 Å². The predicted molar refractivity (Wildman–Crippen MR) is 71.9 cm³/mol. The van der Waals surface area contributed by atoms with Crippen LogP contribution in [0.4, 0.5) is 4.79 Å². The van der Waals surface area contributed by atoms with Crippen LogP contribution in [0.3, 0.4) is 0 Å². The van der Waals surface area contributed by atoms with Crippen molar-refractivity contribution in [3.05, 3.63) is 12.2 Å². The first kappa shape index (κ1) is 14.9. The molecule has 3 N–H and O–H groups in total. The van der Waals surface area contributed by atoms with Gasteiger partial charge >= 0.3 is 6.03 Å². The van der Waals surface area contributed by atoms with Crippen molar-refractivity contribution >= 4 is 17.8 Å². The topological polar surface area (TPSA) is 120 Å². The second-order valence-corrected chi connectivity index (χ2v) is 5.17. The Kier molecular flexibility index (Phi) is 3.92. The second kappa shape index (κ2) is 5.51. The highest BCUT2D eigenvalue weighted by molar-refractivity contribution is 6.08. The summed E-state index contributed by atoms with van der Waals surface area (Å²) in [6.07, 6.45) is 1.80. The van der Waals surface area contributed by atoms with Gasteiger partial charge in [0.15, 0.2) is 0 Å². The van der Waals surface area contributed by atoms with E-state index in [1.165, 1.54) is 6.33 Å². The maximum atomic E-state index is 12.2. The zero-order valence-electron chi connectivity index (χ0n) is 12.1. The predicted octanol–water partition coefficient (Wildman–Crippen LogP) is -0.298. The van der Waals surface area contributed by atoms with E-state index in [9.17, 15) is 14.4 Å². The molecule has 1 aromatic heterocycles. The van der Waals surface area contributed by atoms with Crippen molar-refractivity contribution in [2.75, 3.05) is 6.54 Å². The largest absolute Gasteiger partial charge is 0.345 e. The number of carbonyl (C=O) groups excluding carboxylic acids is 3. The number of hydrogen-bond acceptors (Lipinski definition) is 5. The molecule has 0 radical (unpaired) electrons. The molecule has 0 bridgehead atoms. The van der Waals surface area contributed by atoms with Crippen LogP contribution in [0, 0.1) is 0 Å². The Hall–Kier alpha value is -2.45. The van der Waals surface area contributed by atoms with Gasteiger partial charge in [0, 0.05) is 0 Å². The number of aromatic nitrogens is 3. The molecule has 1 aliphatic heterocycles. The van der Waals surface area contributed by atoms with E-state index in [1.54, 1.807) is 20.8 Å². The molecule has 0 aliphatic carbocycles. The van der Waals surface area contributed by atoms with Crippen molar-refractivity contribution in [1.82, 2.24) is 30.7 Å². The van der Waals surface area contributed by atoms with E-state index in [2.05, 4.69) is 25.8 Å². The normalized spacial score (nSPS) is 23.1. The van der Waals surface area contributed by atoms with Gasteiger partial charge in [-0.15, -0.1) is 0 Å². The molecule has 2 unspecified atom stereocenters. The van der Waals surface area contributed by atoms with Gasteiger partial charge in [-0.1, -0.05) is 6.92 Å². The van der Waals surface area contributed by atoms with Crippen LogP contribution in [0.2, 0.25) is 0 Å². The molecule has 4 amide bonds. The van der Waals surface area contributed by atoms with Gasteiger partial charge in [-0.2, -0.15) is 5.10 Å². The minimum Gasteiger partial charge on any atom is -0.345 e. The Morgan fingerprint density at radius 3 is 2.76 bits per heavy atom. The number of urea groups is 1. The quantitative estimate of drug-likeness (QED) is 0.644. The smallest absolute Gasteiger partial charge is 0.325 e. The third-order valence-corrected chi connectivity index (χ3v) is 3.58. The third-order valence-electron chi connectivity index (χ3n) is 3.58. The molecular weight excluding hydrogens is 276 g/mol. The highest BCUT2D eigenvalue weighted by Gasteiger charge is 2.47. The molecule has 9 heteroatoms. The highest BCUT2D eigenvalue weighted by Crippen LogP contribution is 2.20. The summed E-state index contributed by atoms with van der Waals surface area (Å²) in [5, 5.41) is 11.6. The first-order valence-electron chi connectivity index (χ1n) is 6.66. The minimum absolute atomic E-state index is 0.321. The lowest BCUT2D eigenvalue weighted by Gasteiger charge is -2.19. The van der Waals surface area contributed by atoms with Crippen LogP contribution in [0.5, 0.6) is 0 Å². The lowest BCUT2D eigenvalue weighted by Crippen LogP contribution is -2.45. The second-order valence-electron chi connectivity index (χ2n) is 5.17. The number of imide groups is 1. The van der Waals surface area contributed by atoms with E-state index in [-0.39, 0.29) is 6.54 Å². The van der Waals surface area contributed by atoms with Crippen LogP contribution in [0.15, 0.2) is 6.33 Å². The van der Waals surface area contributed by atoms with Gasteiger partial charge in [0.1, 0.15) is 24.2 Å². The fourth-order valence-corrected chi connectivity index (χ4v) is 2.05. The van der Waals surface area contributed by atoms with E-state index in [1.807, 2.05) is 0 Å². The number of nitrogens with one attached hydrogen (secondary N) is 3. The van der Waals surface area contributed by atoms with Crippen molar-refractivity contribution in [1.29, 1.82) is 0 Å². The molecule has 114 valence electrons. The van der Waals surface area contributed by atoms with Gasteiger partial charge in [-0.05, 0) is 20.3 Å². The van der Waals surface area contributed by atoms with Crippen LogP contribution >= 0.6 is 0 Å². The Balaban J connectivity index is 1.97. The number of rotatable bonds is 5. The molecule has 2 atom stereocenters. The maximum Gasteiger partial charge on any atom is 0.325 e. The number of nitrogens with zero attached hydrogens (tertiary/aromatic N) is 3. The fraction of sp³-hybridized carbons (Fsp3) is 0.583. The van der Waals surface area contributed by atoms with Crippen LogP contribution < -0.4 is 10.6 Å². The van der Waals surface area contributed by atoms with Gasteiger partial charge in [0.2, 0.25) is 5.91 Å². The summed E-state index contributed by atoms with van der Waals surface area (Å²) >= 11 is 0. The molecule has 0 spiro atoms. The molecule has 1 fully saturated rings. The zero-order chi connectivity index (χ0) is 15.6.